The van der Waals surface area contributed by atoms with Crippen molar-refractivity contribution in [2.75, 3.05) is 13.2 Å². The average Bonchev–Trinajstić information content (AvgIpc) is 3.01. The van der Waals surface area contributed by atoms with Gasteiger partial charge in [0.1, 0.15) is 0 Å². The Hall–Kier alpha value is -0.160. The zero-order valence-corrected chi connectivity index (χ0v) is 13.5. The Morgan fingerprint density at radius 2 is 1.81 bits per heavy atom. The van der Waals surface area contributed by atoms with Crippen LogP contribution in [0.3, 0.4) is 0 Å². The molecule has 3 saturated heterocycles. The van der Waals surface area contributed by atoms with E-state index in [4.69, 9.17) is 14.3 Å². The second kappa shape index (κ2) is 5.19. The van der Waals surface area contributed by atoms with Crippen molar-refractivity contribution < 1.29 is 14.3 Å². The fourth-order valence-corrected chi connectivity index (χ4v) is 4.80. The summed E-state index contributed by atoms with van der Waals surface area (Å²) in [5, 5.41) is 2.27. The topological polar surface area (TPSA) is 30.9 Å². The van der Waals surface area contributed by atoms with E-state index in [0.717, 1.165) is 32.5 Å². The van der Waals surface area contributed by atoms with Gasteiger partial charge in [-0.2, -0.15) is 5.06 Å². The molecule has 0 radical (unpaired) electrons. The van der Waals surface area contributed by atoms with Gasteiger partial charge in [-0.05, 0) is 31.6 Å². The molecular weight excluding hydrogens is 266 g/mol. The SMILES string of the molecule is CC(C)C[C@@H]1C[C@H]2CC3(COC4(CCCCC4)OC3)N1O2. The molecule has 0 N–H and O–H groups in total. The van der Waals surface area contributed by atoms with Crippen LogP contribution in [0.5, 0.6) is 0 Å². The summed E-state index contributed by atoms with van der Waals surface area (Å²) in [6, 6.07) is 0.552. The van der Waals surface area contributed by atoms with Gasteiger partial charge in [0, 0.05) is 25.3 Å². The molecule has 0 aromatic rings. The maximum absolute atomic E-state index is 6.31. The van der Waals surface area contributed by atoms with Gasteiger partial charge in [-0.3, -0.25) is 4.84 Å². The van der Waals surface area contributed by atoms with E-state index in [1.165, 1.54) is 32.1 Å². The summed E-state index contributed by atoms with van der Waals surface area (Å²) in [7, 11) is 0. The molecule has 120 valence electrons. The zero-order chi connectivity index (χ0) is 14.5. The minimum absolute atomic E-state index is 0.00876. The molecule has 1 unspecified atom stereocenters. The number of rotatable bonds is 2. The second-order valence-corrected chi connectivity index (χ2v) is 8.05. The normalized spacial score (nSPS) is 40.4. The lowest BCUT2D eigenvalue weighted by Crippen LogP contribution is -2.62. The van der Waals surface area contributed by atoms with Crippen molar-refractivity contribution >= 4 is 0 Å². The van der Waals surface area contributed by atoms with Crippen LogP contribution in [0.4, 0.5) is 0 Å². The van der Waals surface area contributed by atoms with Crippen molar-refractivity contribution in [1.82, 2.24) is 5.06 Å². The van der Waals surface area contributed by atoms with E-state index in [-0.39, 0.29) is 11.3 Å². The summed E-state index contributed by atoms with van der Waals surface area (Å²) < 4.78 is 12.6. The number of hydrogen-bond donors (Lipinski definition) is 0. The predicted octanol–water partition coefficient (Wildman–Crippen LogP) is 3.26. The van der Waals surface area contributed by atoms with Crippen molar-refractivity contribution in [3.63, 3.8) is 0 Å². The molecule has 4 aliphatic rings. The van der Waals surface area contributed by atoms with E-state index in [9.17, 15) is 0 Å². The Morgan fingerprint density at radius 3 is 2.43 bits per heavy atom. The predicted molar refractivity (Wildman–Crippen MR) is 79.6 cm³/mol. The molecule has 0 aromatic carbocycles. The maximum atomic E-state index is 6.31. The summed E-state index contributed by atoms with van der Waals surface area (Å²) in [5.41, 5.74) is -0.00876. The molecule has 4 rings (SSSR count). The molecule has 2 spiro atoms. The number of hydrogen-bond acceptors (Lipinski definition) is 4. The Morgan fingerprint density at radius 1 is 1.10 bits per heavy atom. The summed E-state index contributed by atoms with van der Waals surface area (Å²) in [5.74, 6) is 0.449. The Kier molecular flexibility index (Phi) is 3.57. The van der Waals surface area contributed by atoms with Crippen LogP contribution in [-0.4, -0.2) is 41.7 Å². The molecule has 4 fully saturated rings. The number of hydroxylamine groups is 2. The lowest BCUT2D eigenvalue weighted by Gasteiger charge is -2.50. The highest BCUT2D eigenvalue weighted by Gasteiger charge is 2.59. The fraction of sp³-hybridized carbons (Fsp3) is 1.00. The van der Waals surface area contributed by atoms with Crippen LogP contribution in [0.2, 0.25) is 0 Å². The first kappa shape index (κ1) is 14.4. The first-order valence-corrected chi connectivity index (χ1v) is 8.85. The molecule has 0 aromatic heterocycles. The minimum Gasteiger partial charge on any atom is -0.348 e. The van der Waals surface area contributed by atoms with Crippen LogP contribution in [0.15, 0.2) is 0 Å². The molecule has 0 amide bonds. The zero-order valence-electron chi connectivity index (χ0n) is 13.5. The average molecular weight is 295 g/mol. The second-order valence-electron chi connectivity index (χ2n) is 8.05. The van der Waals surface area contributed by atoms with Gasteiger partial charge in [0.05, 0.1) is 24.9 Å². The lowest BCUT2D eigenvalue weighted by atomic mass is 9.83. The first-order chi connectivity index (χ1) is 10.1. The monoisotopic (exact) mass is 295 g/mol. The molecule has 3 atom stereocenters. The Bertz CT molecular complexity index is 381. The van der Waals surface area contributed by atoms with Crippen molar-refractivity contribution in [2.45, 2.75) is 88.7 Å². The van der Waals surface area contributed by atoms with Crippen molar-refractivity contribution in [1.29, 1.82) is 0 Å². The van der Waals surface area contributed by atoms with E-state index in [1.807, 2.05) is 0 Å². The molecule has 21 heavy (non-hydrogen) atoms. The number of ether oxygens (including phenoxy) is 2. The number of piperidine rings is 1. The third-order valence-corrected chi connectivity index (χ3v) is 5.77. The summed E-state index contributed by atoms with van der Waals surface area (Å²) >= 11 is 0. The standard InChI is InChI=1S/C17H29NO3/c1-13(2)8-14-9-15-10-16(18(14)21-15)11-19-17(20-12-16)6-4-3-5-7-17/h13-15H,3-12H2,1-2H3/t14-,15+/m1/s1. The lowest BCUT2D eigenvalue weighted by molar-refractivity contribution is -0.333. The molecule has 3 aliphatic heterocycles. The van der Waals surface area contributed by atoms with Gasteiger partial charge < -0.3 is 9.47 Å². The summed E-state index contributed by atoms with van der Waals surface area (Å²) in [6.45, 7) is 6.17. The van der Waals surface area contributed by atoms with E-state index in [2.05, 4.69) is 18.9 Å². The summed E-state index contributed by atoms with van der Waals surface area (Å²) in [4.78, 5) is 6.13. The number of fused-ring (bicyclic) bond motifs is 3. The van der Waals surface area contributed by atoms with Gasteiger partial charge in [-0.1, -0.05) is 20.3 Å². The van der Waals surface area contributed by atoms with Crippen LogP contribution >= 0.6 is 0 Å². The third-order valence-electron chi connectivity index (χ3n) is 5.77. The van der Waals surface area contributed by atoms with Crippen molar-refractivity contribution in [2.24, 2.45) is 5.92 Å². The van der Waals surface area contributed by atoms with Gasteiger partial charge in [-0.15, -0.1) is 0 Å². The minimum atomic E-state index is -0.264. The molecule has 2 bridgehead atoms. The smallest absolute Gasteiger partial charge is 0.168 e. The molecular formula is C17H29NO3. The van der Waals surface area contributed by atoms with Crippen LogP contribution in [0, 0.1) is 5.92 Å². The Balaban J connectivity index is 1.44. The third kappa shape index (κ3) is 2.44. The highest BCUT2D eigenvalue weighted by Crippen LogP contribution is 2.48. The largest absolute Gasteiger partial charge is 0.348 e. The molecule has 1 saturated carbocycles. The van der Waals surface area contributed by atoms with Gasteiger partial charge in [0.25, 0.3) is 0 Å². The van der Waals surface area contributed by atoms with E-state index >= 15 is 0 Å². The highest BCUT2D eigenvalue weighted by molar-refractivity contribution is 5.05. The Labute approximate surface area is 128 Å². The van der Waals surface area contributed by atoms with Gasteiger partial charge in [-0.25, -0.2) is 0 Å². The molecule has 4 nitrogen and oxygen atoms in total. The number of nitrogens with zero attached hydrogens (tertiary/aromatic N) is 1. The van der Waals surface area contributed by atoms with E-state index in [1.54, 1.807) is 0 Å². The maximum Gasteiger partial charge on any atom is 0.168 e. The van der Waals surface area contributed by atoms with E-state index in [0.29, 0.717) is 18.1 Å². The van der Waals surface area contributed by atoms with Gasteiger partial charge >= 0.3 is 0 Å². The van der Waals surface area contributed by atoms with Crippen LogP contribution in [-0.2, 0) is 14.3 Å². The van der Waals surface area contributed by atoms with Crippen molar-refractivity contribution in [3.05, 3.63) is 0 Å². The molecule has 3 heterocycles. The van der Waals surface area contributed by atoms with Crippen LogP contribution in [0.25, 0.3) is 0 Å². The van der Waals surface area contributed by atoms with Crippen molar-refractivity contribution in [3.8, 4) is 0 Å². The molecule has 4 heteroatoms. The summed E-state index contributed by atoms with van der Waals surface area (Å²) in [6.07, 6.45) is 9.82. The first-order valence-electron chi connectivity index (χ1n) is 8.85. The highest BCUT2D eigenvalue weighted by atomic mass is 16.7. The van der Waals surface area contributed by atoms with Gasteiger partial charge in [0.2, 0.25) is 0 Å². The molecule has 1 aliphatic carbocycles. The van der Waals surface area contributed by atoms with Crippen LogP contribution in [0.1, 0.15) is 65.2 Å². The van der Waals surface area contributed by atoms with Crippen LogP contribution < -0.4 is 0 Å². The fourth-order valence-electron chi connectivity index (χ4n) is 4.80. The van der Waals surface area contributed by atoms with Gasteiger partial charge in [0.15, 0.2) is 5.79 Å². The quantitative estimate of drug-likeness (QED) is 0.782. The van der Waals surface area contributed by atoms with E-state index < -0.39 is 0 Å².